The van der Waals surface area contributed by atoms with Crippen LogP contribution in [0, 0.1) is 11.2 Å². The molecule has 2 rings (SSSR count). The lowest BCUT2D eigenvalue weighted by molar-refractivity contribution is -0.132. The molecular weight excluding hydrogens is 311 g/mol. The largest absolute Gasteiger partial charge is 0.356 e. The van der Waals surface area contributed by atoms with Gasteiger partial charge in [0.25, 0.3) is 0 Å². The fourth-order valence-electron chi connectivity index (χ4n) is 2.73. The van der Waals surface area contributed by atoms with Crippen LogP contribution < -0.4 is 5.32 Å². The molecule has 1 aliphatic rings. The van der Waals surface area contributed by atoms with E-state index in [0.717, 1.165) is 43.7 Å². The summed E-state index contributed by atoms with van der Waals surface area (Å²) in [5.74, 6) is 1.66. The van der Waals surface area contributed by atoms with E-state index >= 15 is 0 Å². The van der Waals surface area contributed by atoms with E-state index in [1.807, 2.05) is 12.1 Å². The first-order valence-electron chi connectivity index (χ1n) is 8.29. The molecule has 0 bridgehead atoms. The molecule has 1 N–H and O–H groups in total. The van der Waals surface area contributed by atoms with Gasteiger partial charge in [0, 0.05) is 17.7 Å². The van der Waals surface area contributed by atoms with Crippen LogP contribution >= 0.6 is 11.8 Å². The van der Waals surface area contributed by atoms with Crippen LogP contribution in [0.3, 0.4) is 0 Å². The van der Waals surface area contributed by atoms with Crippen LogP contribution in [-0.4, -0.2) is 43.2 Å². The molecule has 0 aliphatic carbocycles. The molecular formula is C18H27FN2OS. The molecule has 5 heteroatoms. The topological polar surface area (TPSA) is 32.3 Å². The molecule has 1 aliphatic heterocycles. The number of thioether (sulfide) groups is 1. The van der Waals surface area contributed by atoms with Crippen molar-refractivity contribution in [1.29, 1.82) is 0 Å². The second-order valence-corrected chi connectivity index (χ2v) is 7.72. The quantitative estimate of drug-likeness (QED) is 0.774. The Morgan fingerprint density at radius 3 is 2.74 bits per heavy atom. The van der Waals surface area contributed by atoms with Crippen molar-refractivity contribution in [1.82, 2.24) is 10.2 Å². The second kappa shape index (κ2) is 8.69. The van der Waals surface area contributed by atoms with Gasteiger partial charge in [0.15, 0.2) is 0 Å². The molecule has 0 atom stereocenters. The minimum Gasteiger partial charge on any atom is -0.356 e. The number of amides is 1. The fraction of sp³-hybridized carbons (Fsp3) is 0.611. The minimum absolute atomic E-state index is 0.136. The number of carbonyl (C=O) groups is 1. The van der Waals surface area contributed by atoms with Crippen molar-refractivity contribution in [3.63, 3.8) is 0 Å². The maximum atomic E-state index is 13.5. The molecule has 1 heterocycles. The van der Waals surface area contributed by atoms with Crippen molar-refractivity contribution in [2.75, 3.05) is 32.4 Å². The summed E-state index contributed by atoms with van der Waals surface area (Å²) >= 11 is 1.71. The van der Waals surface area contributed by atoms with Crippen molar-refractivity contribution < 1.29 is 9.18 Å². The summed E-state index contributed by atoms with van der Waals surface area (Å²) in [6.07, 6.45) is 2.77. The molecule has 1 saturated heterocycles. The highest BCUT2D eigenvalue weighted by Gasteiger charge is 2.35. The molecule has 1 fully saturated rings. The van der Waals surface area contributed by atoms with Gasteiger partial charge in [0.1, 0.15) is 5.82 Å². The van der Waals surface area contributed by atoms with Crippen molar-refractivity contribution in [3.8, 4) is 0 Å². The number of hydrogen-bond donors (Lipinski definition) is 1. The Labute approximate surface area is 143 Å². The zero-order valence-corrected chi connectivity index (χ0v) is 14.9. The number of nitrogens with zero attached hydrogens (tertiary/aromatic N) is 1. The van der Waals surface area contributed by atoms with E-state index in [9.17, 15) is 9.18 Å². The summed E-state index contributed by atoms with van der Waals surface area (Å²) in [6, 6.07) is 6.90. The Bertz CT molecular complexity index is 515. The average Bonchev–Trinajstić information content (AvgIpc) is 2.55. The van der Waals surface area contributed by atoms with E-state index in [4.69, 9.17) is 0 Å². The molecule has 128 valence electrons. The highest BCUT2D eigenvalue weighted by Crippen LogP contribution is 2.30. The van der Waals surface area contributed by atoms with E-state index in [1.165, 1.54) is 6.07 Å². The number of halogens is 1. The molecule has 0 saturated carbocycles. The summed E-state index contributed by atoms with van der Waals surface area (Å²) in [5, 5.41) is 3.07. The third-order valence-electron chi connectivity index (χ3n) is 4.61. The maximum absolute atomic E-state index is 13.5. The number of rotatable bonds is 7. The van der Waals surface area contributed by atoms with Gasteiger partial charge in [-0.15, -0.1) is 0 Å². The number of carbonyl (C=O) groups excluding carboxylic acids is 1. The Kier molecular flexibility index (Phi) is 6.90. The lowest BCUT2D eigenvalue weighted by Crippen LogP contribution is -2.46. The van der Waals surface area contributed by atoms with Gasteiger partial charge in [-0.25, -0.2) is 4.39 Å². The van der Waals surface area contributed by atoms with Crippen LogP contribution in [-0.2, 0) is 10.5 Å². The van der Waals surface area contributed by atoms with Gasteiger partial charge in [-0.3, -0.25) is 4.79 Å². The van der Waals surface area contributed by atoms with Gasteiger partial charge in [0.2, 0.25) is 5.91 Å². The normalized spacial score (nSPS) is 17.9. The second-order valence-electron chi connectivity index (χ2n) is 6.62. The summed E-state index contributed by atoms with van der Waals surface area (Å²) in [7, 11) is 2.10. The molecule has 0 spiro atoms. The number of nitrogens with one attached hydrogen (secondary N) is 1. The van der Waals surface area contributed by atoms with Crippen LogP contribution in [0.15, 0.2) is 24.3 Å². The van der Waals surface area contributed by atoms with Crippen molar-refractivity contribution in [2.45, 2.75) is 31.9 Å². The van der Waals surface area contributed by atoms with E-state index in [2.05, 4.69) is 24.2 Å². The molecule has 3 nitrogen and oxygen atoms in total. The summed E-state index contributed by atoms with van der Waals surface area (Å²) < 4.78 is 13.5. The van der Waals surface area contributed by atoms with Crippen LogP contribution in [0.1, 0.15) is 31.7 Å². The SMILES string of the molecule is CN1CCC(C)(C(=O)NCCCSCc2ccccc2F)CC1. The van der Waals surface area contributed by atoms with Crippen molar-refractivity contribution >= 4 is 17.7 Å². The zero-order valence-electron chi connectivity index (χ0n) is 14.1. The van der Waals surface area contributed by atoms with Crippen LogP contribution in [0.25, 0.3) is 0 Å². The zero-order chi connectivity index (χ0) is 16.7. The minimum atomic E-state index is -0.215. The highest BCUT2D eigenvalue weighted by molar-refractivity contribution is 7.98. The smallest absolute Gasteiger partial charge is 0.226 e. The van der Waals surface area contributed by atoms with Crippen molar-refractivity contribution in [2.24, 2.45) is 5.41 Å². The number of likely N-dealkylation sites (tertiary alicyclic amines) is 1. The monoisotopic (exact) mass is 338 g/mol. The first-order valence-corrected chi connectivity index (χ1v) is 9.45. The molecule has 1 amide bonds. The predicted molar refractivity (Wildman–Crippen MR) is 95.0 cm³/mol. The van der Waals surface area contributed by atoms with E-state index in [-0.39, 0.29) is 17.1 Å². The number of piperidine rings is 1. The third-order valence-corrected chi connectivity index (χ3v) is 5.70. The first-order chi connectivity index (χ1) is 11.0. The number of benzene rings is 1. The Morgan fingerprint density at radius 1 is 1.35 bits per heavy atom. The molecule has 1 aromatic carbocycles. The standard InChI is InChI=1S/C18H27FN2OS/c1-18(8-11-21(2)12-9-18)17(22)20-10-5-13-23-14-15-6-3-4-7-16(15)19/h3-4,6-7H,5,8-14H2,1-2H3,(H,20,22). The Morgan fingerprint density at radius 2 is 2.04 bits per heavy atom. The summed E-state index contributed by atoms with van der Waals surface area (Å²) in [6.45, 7) is 4.75. The lowest BCUT2D eigenvalue weighted by atomic mass is 9.79. The van der Waals surface area contributed by atoms with Gasteiger partial charge in [-0.2, -0.15) is 11.8 Å². The molecule has 0 unspecified atom stereocenters. The molecule has 0 radical (unpaired) electrons. The maximum Gasteiger partial charge on any atom is 0.226 e. The number of hydrogen-bond acceptors (Lipinski definition) is 3. The van der Waals surface area contributed by atoms with Gasteiger partial charge >= 0.3 is 0 Å². The molecule has 0 aromatic heterocycles. The third kappa shape index (κ3) is 5.50. The van der Waals surface area contributed by atoms with Gasteiger partial charge in [-0.1, -0.05) is 25.1 Å². The van der Waals surface area contributed by atoms with Crippen LogP contribution in [0.2, 0.25) is 0 Å². The summed E-state index contributed by atoms with van der Waals surface area (Å²) in [4.78, 5) is 14.6. The van der Waals surface area contributed by atoms with Gasteiger partial charge in [-0.05, 0) is 56.8 Å². The lowest BCUT2D eigenvalue weighted by Gasteiger charge is -2.36. The first kappa shape index (κ1) is 18.3. The molecule has 23 heavy (non-hydrogen) atoms. The fourth-order valence-corrected chi connectivity index (χ4v) is 3.67. The predicted octanol–water partition coefficient (Wildman–Crippen LogP) is 3.30. The van der Waals surface area contributed by atoms with Gasteiger partial charge < -0.3 is 10.2 Å². The van der Waals surface area contributed by atoms with E-state index < -0.39 is 0 Å². The average molecular weight is 338 g/mol. The van der Waals surface area contributed by atoms with Crippen molar-refractivity contribution in [3.05, 3.63) is 35.6 Å². The van der Waals surface area contributed by atoms with Crippen LogP contribution in [0.5, 0.6) is 0 Å². The Balaban J connectivity index is 1.60. The van der Waals surface area contributed by atoms with Crippen LogP contribution in [0.4, 0.5) is 4.39 Å². The molecule has 1 aromatic rings. The van der Waals surface area contributed by atoms with E-state index in [1.54, 1.807) is 17.8 Å². The van der Waals surface area contributed by atoms with Gasteiger partial charge in [0.05, 0.1) is 0 Å². The summed E-state index contributed by atoms with van der Waals surface area (Å²) in [5.41, 5.74) is 0.535. The highest BCUT2D eigenvalue weighted by atomic mass is 32.2. The Hall–Kier alpha value is -1.07. The van der Waals surface area contributed by atoms with E-state index in [0.29, 0.717) is 12.3 Å².